The lowest BCUT2D eigenvalue weighted by Gasteiger charge is -2.24. The molecule has 1 fully saturated rings. The normalized spacial score (nSPS) is 24.8. The average molecular weight is 248 g/mol. The van der Waals surface area contributed by atoms with Gasteiger partial charge >= 0.3 is 5.97 Å². The van der Waals surface area contributed by atoms with Gasteiger partial charge in [-0.2, -0.15) is 5.10 Å². The van der Waals surface area contributed by atoms with Crippen LogP contribution in [0.25, 0.3) is 0 Å². The summed E-state index contributed by atoms with van der Waals surface area (Å²) in [4.78, 5) is 11.1. The molecule has 3 rings (SSSR count). The highest BCUT2D eigenvalue weighted by Gasteiger charge is 2.30. The van der Waals surface area contributed by atoms with E-state index < -0.39 is 5.97 Å². The summed E-state index contributed by atoms with van der Waals surface area (Å²) in [5.41, 5.74) is 3.59. The molecular weight excluding hydrogens is 228 g/mol. The molecule has 2 aliphatic rings. The van der Waals surface area contributed by atoms with Crippen molar-refractivity contribution in [3.8, 4) is 0 Å². The van der Waals surface area contributed by atoms with E-state index in [2.05, 4.69) is 10.2 Å². The van der Waals surface area contributed by atoms with Gasteiger partial charge in [0.15, 0.2) is 0 Å². The number of hydrogen-bond acceptors (Lipinski definition) is 2. The van der Waals surface area contributed by atoms with E-state index >= 15 is 0 Å². The summed E-state index contributed by atoms with van der Waals surface area (Å²) < 4.78 is 0. The number of rotatable bonds is 2. The average Bonchev–Trinajstić information content (AvgIpc) is 2.82. The zero-order chi connectivity index (χ0) is 12.5. The fourth-order valence-electron chi connectivity index (χ4n) is 3.44. The fraction of sp³-hybridized carbons (Fsp3) is 0.714. The van der Waals surface area contributed by atoms with E-state index in [0.717, 1.165) is 12.8 Å². The molecule has 1 unspecified atom stereocenters. The minimum Gasteiger partial charge on any atom is -0.481 e. The number of aliphatic carboxylic acids is 1. The Kier molecular flexibility index (Phi) is 3.10. The molecule has 0 aromatic carbocycles. The maximum atomic E-state index is 11.1. The first kappa shape index (κ1) is 11.8. The summed E-state index contributed by atoms with van der Waals surface area (Å²) in [5.74, 6) is -0.305. The van der Waals surface area contributed by atoms with Gasteiger partial charge < -0.3 is 5.11 Å². The highest BCUT2D eigenvalue weighted by molar-refractivity contribution is 5.71. The summed E-state index contributed by atoms with van der Waals surface area (Å²) in [6, 6.07) is 0. The lowest BCUT2D eigenvalue weighted by Crippen LogP contribution is -2.23. The maximum Gasteiger partial charge on any atom is 0.306 e. The number of carbonyl (C=O) groups is 1. The third-order valence-corrected chi connectivity index (χ3v) is 4.52. The molecule has 98 valence electrons. The zero-order valence-electron chi connectivity index (χ0n) is 10.6. The topological polar surface area (TPSA) is 66.0 Å². The van der Waals surface area contributed by atoms with Gasteiger partial charge in [0.25, 0.3) is 0 Å². The van der Waals surface area contributed by atoms with Crippen molar-refractivity contribution in [2.24, 2.45) is 5.92 Å². The Bertz CT molecular complexity index is 447. The van der Waals surface area contributed by atoms with Crippen LogP contribution in [0.1, 0.15) is 61.4 Å². The van der Waals surface area contributed by atoms with Gasteiger partial charge in [-0.05, 0) is 37.7 Å². The first-order chi connectivity index (χ1) is 8.75. The Morgan fingerprint density at radius 1 is 1.22 bits per heavy atom. The van der Waals surface area contributed by atoms with Gasteiger partial charge in [0, 0.05) is 11.6 Å². The molecular formula is C14H20N2O2. The van der Waals surface area contributed by atoms with Gasteiger partial charge in [-0.3, -0.25) is 9.89 Å². The second-order valence-electron chi connectivity index (χ2n) is 5.68. The van der Waals surface area contributed by atoms with Crippen LogP contribution in [0.5, 0.6) is 0 Å². The first-order valence-electron chi connectivity index (χ1n) is 7.04. The van der Waals surface area contributed by atoms with E-state index in [1.165, 1.54) is 49.1 Å². The van der Waals surface area contributed by atoms with Crippen LogP contribution in [0.2, 0.25) is 0 Å². The van der Waals surface area contributed by atoms with Gasteiger partial charge in [0.2, 0.25) is 0 Å². The Balaban J connectivity index is 1.84. The van der Waals surface area contributed by atoms with Crippen molar-refractivity contribution in [2.45, 2.75) is 57.3 Å². The number of fused-ring (bicyclic) bond motifs is 1. The lowest BCUT2D eigenvalue weighted by molar-refractivity contribution is -0.142. The maximum absolute atomic E-state index is 11.1. The molecule has 1 heterocycles. The monoisotopic (exact) mass is 248 g/mol. The minimum atomic E-state index is -0.656. The number of nitrogens with one attached hydrogen (secondary N) is 1. The van der Waals surface area contributed by atoms with Gasteiger partial charge in [0.1, 0.15) is 0 Å². The number of H-pyrrole nitrogens is 1. The summed E-state index contributed by atoms with van der Waals surface area (Å²) in [6.45, 7) is 0. The summed E-state index contributed by atoms with van der Waals surface area (Å²) in [5, 5.41) is 16.8. The number of aryl methyl sites for hydroxylation is 1. The van der Waals surface area contributed by atoms with Crippen LogP contribution in [-0.4, -0.2) is 21.3 Å². The van der Waals surface area contributed by atoms with Crippen molar-refractivity contribution in [3.05, 3.63) is 17.0 Å². The van der Waals surface area contributed by atoms with Crippen LogP contribution in [0.15, 0.2) is 0 Å². The molecule has 2 aliphatic carbocycles. The van der Waals surface area contributed by atoms with E-state index in [0.29, 0.717) is 12.3 Å². The van der Waals surface area contributed by atoms with E-state index in [9.17, 15) is 9.90 Å². The molecule has 1 aromatic heterocycles. The number of carboxylic acid groups (broad SMARTS) is 1. The van der Waals surface area contributed by atoms with Crippen molar-refractivity contribution >= 4 is 5.97 Å². The standard InChI is InChI=1S/C14H20N2O2/c17-14(18)10-6-7-12-11(8-10)13(16-15-12)9-4-2-1-3-5-9/h9-10H,1-8H2,(H,15,16)(H,17,18). The largest absolute Gasteiger partial charge is 0.481 e. The van der Waals surface area contributed by atoms with Crippen molar-refractivity contribution in [3.63, 3.8) is 0 Å². The minimum absolute atomic E-state index is 0.211. The molecule has 0 amide bonds. The molecule has 0 radical (unpaired) electrons. The molecule has 1 aromatic rings. The molecule has 0 aliphatic heterocycles. The molecule has 1 atom stereocenters. The predicted octanol–water partition coefficient (Wildman–Crippen LogP) is 2.65. The van der Waals surface area contributed by atoms with Crippen molar-refractivity contribution in [1.29, 1.82) is 0 Å². The van der Waals surface area contributed by atoms with Crippen LogP contribution < -0.4 is 0 Å². The lowest BCUT2D eigenvalue weighted by atomic mass is 9.80. The number of carboxylic acids is 1. The molecule has 4 heteroatoms. The quantitative estimate of drug-likeness (QED) is 0.845. The number of aromatic nitrogens is 2. The van der Waals surface area contributed by atoms with Crippen molar-refractivity contribution in [2.75, 3.05) is 0 Å². The predicted molar refractivity (Wildman–Crippen MR) is 67.6 cm³/mol. The second kappa shape index (κ2) is 4.75. The second-order valence-corrected chi connectivity index (χ2v) is 5.68. The smallest absolute Gasteiger partial charge is 0.306 e. The molecule has 0 saturated heterocycles. The van der Waals surface area contributed by atoms with E-state index in [-0.39, 0.29) is 5.92 Å². The van der Waals surface area contributed by atoms with E-state index in [1.807, 2.05) is 0 Å². The van der Waals surface area contributed by atoms with Crippen molar-refractivity contribution < 1.29 is 9.90 Å². The molecule has 2 N–H and O–H groups in total. The molecule has 1 saturated carbocycles. The van der Waals surface area contributed by atoms with Crippen LogP contribution in [0, 0.1) is 5.92 Å². The van der Waals surface area contributed by atoms with Crippen LogP contribution >= 0.6 is 0 Å². The summed E-state index contributed by atoms with van der Waals surface area (Å²) in [7, 11) is 0. The fourth-order valence-corrected chi connectivity index (χ4v) is 3.44. The Morgan fingerprint density at radius 2 is 2.00 bits per heavy atom. The Morgan fingerprint density at radius 3 is 2.72 bits per heavy atom. The highest BCUT2D eigenvalue weighted by atomic mass is 16.4. The van der Waals surface area contributed by atoms with Crippen LogP contribution in [0.4, 0.5) is 0 Å². The molecule has 0 bridgehead atoms. The first-order valence-corrected chi connectivity index (χ1v) is 7.04. The number of hydrogen-bond donors (Lipinski definition) is 2. The third kappa shape index (κ3) is 2.04. The third-order valence-electron chi connectivity index (χ3n) is 4.52. The number of nitrogens with zero attached hydrogens (tertiary/aromatic N) is 1. The van der Waals surface area contributed by atoms with Crippen LogP contribution in [-0.2, 0) is 17.6 Å². The summed E-state index contributed by atoms with van der Waals surface area (Å²) in [6.07, 6.45) is 8.60. The molecule has 0 spiro atoms. The van der Waals surface area contributed by atoms with E-state index in [1.54, 1.807) is 0 Å². The number of aromatic amines is 1. The van der Waals surface area contributed by atoms with E-state index in [4.69, 9.17) is 0 Å². The SMILES string of the molecule is O=C(O)C1CCc2[nH]nc(C3CCCCC3)c2C1. The van der Waals surface area contributed by atoms with Gasteiger partial charge in [-0.15, -0.1) is 0 Å². The molecule has 18 heavy (non-hydrogen) atoms. The molecule has 4 nitrogen and oxygen atoms in total. The van der Waals surface area contributed by atoms with Gasteiger partial charge in [0.05, 0.1) is 11.6 Å². The highest BCUT2D eigenvalue weighted by Crippen LogP contribution is 2.37. The van der Waals surface area contributed by atoms with Gasteiger partial charge in [-0.1, -0.05) is 19.3 Å². The Hall–Kier alpha value is -1.32. The van der Waals surface area contributed by atoms with Gasteiger partial charge in [-0.25, -0.2) is 0 Å². The summed E-state index contributed by atoms with van der Waals surface area (Å²) >= 11 is 0. The van der Waals surface area contributed by atoms with Crippen molar-refractivity contribution in [1.82, 2.24) is 10.2 Å². The van der Waals surface area contributed by atoms with Crippen LogP contribution in [0.3, 0.4) is 0 Å². The zero-order valence-corrected chi connectivity index (χ0v) is 10.6. The Labute approximate surface area is 107 Å².